The average molecular weight is 476 g/mol. The number of ether oxygens (including phenoxy) is 1. The van der Waals surface area contributed by atoms with Crippen LogP contribution in [0.25, 0.3) is 0 Å². The van der Waals surface area contributed by atoms with Gasteiger partial charge >= 0.3 is 0 Å². The third-order valence-electron chi connectivity index (χ3n) is 6.29. The van der Waals surface area contributed by atoms with E-state index in [1.807, 2.05) is 43.3 Å². The Hall–Kier alpha value is -2.46. The third kappa shape index (κ3) is 5.55. The topological polar surface area (TPSA) is 99.2 Å². The molecule has 1 amide bonds. The van der Waals surface area contributed by atoms with Gasteiger partial charge in [0.25, 0.3) is 16.1 Å². The second-order valence-electron chi connectivity index (χ2n) is 8.25. The number of amides is 1. The maximum atomic E-state index is 13.0. The van der Waals surface area contributed by atoms with E-state index in [2.05, 4.69) is 5.32 Å². The Balaban J connectivity index is 1.79. The smallest absolute Gasteiger partial charge is 0.283 e. The number of aliphatic hydroxyl groups excluding tert-OH is 1. The zero-order valence-corrected chi connectivity index (χ0v) is 20.1. The fourth-order valence-electron chi connectivity index (χ4n) is 4.35. The number of nitrogens with zero attached hydrogens (tertiary/aromatic N) is 2. The first-order valence-corrected chi connectivity index (χ1v) is 12.6. The van der Waals surface area contributed by atoms with Crippen molar-refractivity contribution in [1.82, 2.24) is 13.9 Å². The molecule has 0 bridgehead atoms. The summed E-state index contributed by atoms with van der Waals surface area (Å²) in [5.74, 6) is 0.275. The number of carbonyl (C=O) groups is 1. The number of para-hydroxylation sites is 1. The van der Waals surface area contributed by atoms with Gasteiger partial charge in [-0.1, -0.05) is 49.4 Å². The van der Waals surface area contributed by atoms with E-state index in [1.54, 1.807) is 18.2 Å². The molecule has 1 fully saturated rings. The van der Waals surface area contributed by atoms with Crippen molar-refractivity contribution in [1.29, 1.82) is 0 Å². The highest BCUT2D eigenvalue weighted by atomic mass is 32.2. The van der Waals surface area contributed by atoms with Crippen LogP contribution >= 0.6 is 0 Å². The minimum atomic E-state index is -3.74. The molecule has 0 unspecified atom stereocenters. The van der Waals surface area contributed by atoms with Gasteiger partial charge in [0.1, 0.15) is 12.5 Å². The SMILES string of the molecule is CCCN(CO)S(=O)(=O)N1CCC(CNC(=O)c2ccccc2OC)(c2ccccc2)CC1. The maximum absolute atomic E-state index is 13.0. The number of hydrogen-bond donors (Lipinski definition) is 2. The standard InChI is InChI=1S/C24H33N3O5S/c1-3-15-27(19-28)33(30,31)26-16-13-24(14-17-26,20-9-5-4-6-10-20)18-25-23(29)21-11-7-8-12-22(21)32-2/h4-12,28H,3,13-19H2,1-2H3,(H,25,29). The Kier molecular flexibility index (Phi) is 8.47. The van der Waals surface area contributed by atoms with E-state index < -0.39 is 22.4 Å². The first-order valence-electron chi connectivity index (χ1n) is 11.2. The van der Waals surface area contributed by atoms with Crippen LogP contribution in [0.5, 0.6) is 5.75 Å². The fraction of sp³-hybridized carbons (Fsp3) is 0.458. The van der Waals surface area contributed by atoms with Crippen LogP contribution in [0.2, 0.25) is 0 Å². The van der Waals surface area contributed by atoms with Crippen molar-refractivity contribution in [2.24, 2.45) is 0 Å². The molecule has 2 aromatic rings. The molecule has 0 saturated carbocycles. The van der Waals surface area contributed by atoms with E-state index in [9.17, 15) is 18.3 Å². The van der Waals surface area contributed by atoms with Gasteiger partial charge in [0, 0.05) is 31.6 Å². The molecule has 33 heavy (non-hydrogen) atoms. The minimum Gasteiger partial charge on any atom is -0.496 e. The Bertz CT molecular complexity index is 1020. The van der Waals surface area contributed by atoms with Crippen molar-refractivity contribution in [2.45, 2.75) is 31.6 Å². The van der Waals surface area contributed by atoms with Crippen molar-refractivity contribution in [3.05, 3.63) is 65.7 Å². The molecule has 0 aromatic heterocycles. The van der Waals surface area contributed by atoms with Crippen LogP contribution in [-0.4, -0.2) is 68.1 Å². The highest BCUT2D eigenvalue weighted by molar-refractivity contribution is 7.86. The second-order valence-corrected chi connectivity index (χ2v) is 10.2. The highest BCUT2D eigenvalue weighted by Gasteiger charge is 2.41. The number of methoxy groups -OCH3 is 1. The van der Waals surface area contributed by atoms with Gasteiger partial charge in [-0.15, -0.1) is 0 Å². The Labute approximate surface area is 196 Å². The number of nitrogens with one attached hydrogen (secondary N) is 1. The Morgan fingerprint density at radius 3 is 2.36 bits per heavy atom. The number of piperidine rings is 1. The Morgan fingerprint density at radius 2 is 1.76 bits per heavy atom. The quantitative estimate of drug-likeness (QED) is 0.514. The molecule has 8 nitrogen and oxygen atoms in total. The summed E-state index contributed by atoms with van der Waals surface area (Å²) in [7, 11) is -2.21. The van der Waals surface area contributed by atoms with Crippen LogP contribution in [-0.2, 0) is 15.6 Å². The summed E-state index contributed by atoms with van der Waals surface area (Å²) >= 11 is 0. The summed E-state index contributed by atoms with van der Waals surface area (Å²) in [6.07, 6.45) is 1.72. The van der Waals surface area contributed by atoms with Crippen LogP contribution in [0.3, 0.4) is 0 Å². The van der Waals surface area contributed by atoms with Crippen molar-refractivity contribution < 1.29 is 23.1 Å². The molecule has 9 heteroatoms. The van der Waals surface area contributed by atoms with Crippen LogP contribution in [0.15, 0.2) is 54.6 Å². The molecule has 1 aliphatic rings. The second kappa shape index (κ2) is 11.1. The lowest BCUT2D eigenvalue weighted by Gasteiger charge is -2.42. The zero-order valence-electron chi connectivity index (χ0n) is 19.2. The van der Waals surface area contributed by atoms with E-state index in [1.165, 1.54) is 11.4 Å². The van der Waals surface area contributed by atoms with Crippen molar-refractivity contribution in [3.8, 4) is 5.75 Å². The molecule has 0 radical (unpaired) electrons. The number of benzene rings is 2. The summed E-state index contributed by atoms with van der Waals surface area (Å²) in [6, 6.07) is 17.0. The summed E-state index contributed by atoms with van der Waals surface area (Å²) in [5.41, 5.74) is 1.12. The lowest BCUT2D eigenvalue weighted by molar-refractivity contribution is 0.0928. The highest BCUT2D eigenvalue weighted by Crippen LogP contribution is 2.36. The molecule has 0 atom stereocenters. The number of carbonyl (C=O) groups excluding carboxylic acids is 1. The van der Waals surface area contributed by atoms with Gasteiger partial charge in [0.15, 0.2) is 0 Å². The lowest BCUT2D eigenvalue weighted by Crippen LogP contribution is -2.53. The molecular formula is C24H33N3O5S. The summed E-state index contributed by atoms with van der Waals surface area (Å²) in [5, 5.41) is 12.6. The minimum absolute atomic E-state index is 0.229. The van der Waals surface area contributed by atoms with Gasteiger partial charge in [-0.2, -0.15) is 17.0 Å². The largest absolute Gasteiger partial charge is 0.496 e. The van der Waals surface area contributed by atoms with E-state index in [-0.39, 0.29) is 12.5 Å². The van der Waals surface area contributed by atoms with Gasteiger partial charge in [0.2, 0.25) is 0 Å². The Morgan fingerprint density at radius 1 is 1.12 bits per heavy atom. The first kappa shape index (κ1) is 25.2. The summed E-state index contributed by atoms with van der Waals surface area (Å²) in [4.78, 5) is 12.9. The zero-order chi connectivity index (χ0) is 23.9. The van der Waals surface area contributed by atoms with Gasteiger partial charge in [-0.25, -0.2) is 0 Å². The van der Waals surface area contributed by atoms with Crippen molar-refractivity contribution in [2.75, 3.05) is 40.0 Å². The summed E-state index contributed by atoms with van der Waals surface area (Å²) in [6.45, 7) is 2.60. The van der Waals surface area contributed by atoms with Crippen molar-refractivity contribution in [3.63, 3.8) is 0 Å². The maximum Gasteiger partial charge on any atom is 0.283 e. The van der Waals surface area contributed by atoms with Crippen LogP contribution in [0, 0.1) is 0 Å². The van der Waals surface area contributed by atoms with Gasteiger partial charge in [-0.3, -0.25) is 4.79 Å². The number of aliphatic hydroxyl groups is 1. The molecule has 180 valence electrons. The predicted molar refractivity (Wildman–Crippen MR) is 127 cm³/mol. The molecule has 3 rings (SSSR count). The molecule has 0 spiro atoms. The van der Waals surface area contributed by atoms with Crippen LogP contribution in [0.1, 0.15) is 42.1 Å². The van der Waals surface area contributed by atoms with E-state index in [4.69, 9.17) is 4.74 Å². The van der Waals surface area contributed by atoms with E-state index >= 15 is 0 Å². The van der Waals surface area contributed by atoms with Gasteiger partial charge in [0.05, 0.1) is 12.7 Å². The first-order chi connectivity index (χ1) is 15.9. The van der Waals surface area contributed by atoms with Gasteiger partial charge in [-0.05, 0) is 37.0 Å². The molecule has 2 N–H and O–H groups in total. The number of rotatable bonds is 10. The normalized spacial score (nSPS) is 16.5. The molecule has 0 aliphatic carbocycles. The average Bonchev–Trinajstić information content (AvgIpc) is 2.86. The predicted octanol–water partition coefficient (Wildman–Crippen LogP) is 2.37. The molecule has 2 aromatic carbocycles. The number of hydrogen-bond acceptors (Lipinski definition) is 5. The van der Waals surface area contributed by atoms with Crippen molar-refractivity contribution >= 4 is 16.1 Å². The molecular weight excluding hydrogens is 442 g/mol. The molecule has 1 aliphatic heterocycles. The van der Waals surface area contributed by atoms with E-state index in [0.29, 0.717) is 50.2 Å². The van der Waals surface area contributed by atoms with Crippen LogP contribution in [0.4, 0.5) is 0 Å². The van der Waals surface area contributed by atoms with Crippen LogP contribution < -0.4 is 10.1 Å². The van der Waals surface area contributed by atoms with E-state index in [0.717, 1.165) is 9.87 Å². The molecule has 1 saturated heterocycles. The van der Waals surface area contributed by atoms with Gasteiger partial charge < -0.3 is 15.2 Å². The fourth-order valence-corrected chi connectivity index (χ4v) is 5.88. The lowest BCUT2D eigenvalue weighted by atomic mass is 9.73. The summed E-state index contributed by atoms with van der Waals surface area (Å²) < 4.78 is 33.8. The molecule has 1 heterocycles. The third-order valence-corrected chi connectivity index (χ3v) is 8.26. The monoisotopic (exact) mass is 475 g/mol.